The van der Waals surface area contributed by atoms with Crippen LogP contribution in [0.4, 0.5) is 4.79 Å². The Morgan fingerprint density at radius 2 is 2.11 bits per heavy atom. The van der Waals surface area contributed by atoms with Crippen molar-refractivity contribution in [3.05, 3.63) is 28.7 Å². The van der Waals surface area contributed by atoms with Crippen LogP contribution < -0.4 is 10.1 Å². The summed E-state index contributed by atoms with van der Waals surface area (Å²) in [5.41, 5.74) is -0.491. The molecule has 0 aliphatic rings. The first-order valence-electron chi connectivity index (χ1n) is 6.14. The lowest BCUT2D eigenvalue weighted by Crippen LogP contribution is -2.40. The molecule has 0 spiro atoms. The van der Waals surface area contributed by atoms with Gasteiger partial charge in [0.15, 0.2) is 0 Å². The van der Waals surface area contributed by atoms with Crippen molar-refractivity contribution in [2.45, 2.75) is 39.3 Å². The van der Waals surface area contributed by atoms with Gasteiger partial charge in [-0.2, -0.15) is 0 Å². The smallest absolute Gasteiger partial charge is 0.407 e. The standard InChI is InChI=1S/C14H20BrNO3/c1-10(16-13(17)19-14(2,3)4)9-18-12-7-5-6-11(15)8-12/h5-8,10H,9H2,1-4H3,(H,16,17). The number of hydrogen-bond donors (Lipinski definition) is 1. The van der Waals surface area contributed by atoms with E-state index >= 15 is 0 Å². The van der Waals surface area contributed by atoms with Crippen LogP contribution in [0.3, 0.4) is 0 Å². The Bertz CT molecular complexity index is 429. The van der Waals surface area contributed by atoms with Gasteiger partial charge in [0.2, 0.25) is 0 Å². The third-order valence-corrected chi connectivity index (χ3v) is 2.55. The third kappa shape index (κ3) is 7.06. The number of benzene rings is 1. The Hall–Kier alpha value is -1.23. The Morgan fingerprint density at radius 1 is 1.42 bits per heavy atom. The minimum Gasteiger partial charge on any atom is -0.491 e. The van der Waals surface area contributed by atoms with E-state index in [2.05, 4.69) is 21.2 Å². The molecule has 0 radical (unpaired) electrons. The van der Waals surface area contributed by atoms with Gasteiger partial charge in [0.25, 0.3) is 0 Å². The van der Waals surface area contributed by atoms with E-state index in [1.807, 2.05) is 52.0 Å². The van der Waals surface area contributed by atoms with Crippen LogP contribution in [0.15, 0.2) is 28.7 Å². The highest BCUT2D eigenvalue weighted by atomic mass is 79.9. The second kappa shape index (κ2) is 6.80. The average Bonchev–Trinajstić information content (AvgIpc) is 2.23. The van der Waals surface area contributed by atoms with Crippen molar-refractivity contribution in [2.75, 3.05) is 6.61 Å². The van der Waals surface area contributed by atoms with Gasteiger partial charge in [-0.15, -0.1) is 0 Å². The number of carbonyl (C=O) groups is 1. The van der Waals surface area contributed by atoms with E-state index in [4.69, 9.17) is 9.47 Å². The summed E-state index contributed by atoms with van der Waals surface area (Å²) in [5.74, 6) is 0.757. The van der Waals surface area contributed by atoms with Gasteiger partial charge >= 0.3 is 6.09 Å². The van der Waals surface area contributed by atoms with Crippen LogP contribution in [0.1, 0.15) is 27.7 Å². The maximum absolute atomic E-state index is 11.5. The molecule has 19 heavy (non-hydrogen) atoms. The summed E-state index contributed by atoms with van der Waals surface area (Å²) in [7, 11) is 0. The lowest BCUT2D eigenvalue weighted by molar-refractivity contribution is 0.0494. The van der Waals surface area contributed by atoms with Gasteiger partial charge in [-0.3, -0.25) is 0 Å². The van der Waals surface area contributed by atoms with Gasteiger partial charge in [0, 0.05) is 4.47 Å². The Kier molecular flexibility index (Phi) is 5.66. The zero-order chi connectivity index (χ0) is 14.5. The number of amides is 1. The van der Waals surface area contributed by atoms with Crippen LogP contribution in [-0.4, -0.2) is 24.3 Å². The average molecular weight is 330 g/mol. The number of ether oxygens (including phenoxy) is 2. The van der Waals surface area contributed by atoms with Gasteiger partial charge in [0.1, 0.15) is 18.0 Å². The molecule has 1 rings (SSSR count). The zero-order valence-corrected chi connectivity index (χ0v) is 13.3. The largest absolute Gasteiger partial charge is 0.491 e. The summed E-state index contributed by atoms with van der Waals surface area (Å²) in [6.45, 7) is 7.73. The quantitative estimate of drug-likeness (QED) is 0.915. The van der Waals surface area contributed by atoms with Crippen molar-refractivity contribution in [1.29, 1.82) is 0 Å². The van der Waals surface area contributed by atoms with Crippen molar-refractivity contribution >= 4 is 22.0 Å². The second-order valence-electron chi connectivity index (χ2n) is 5.32. The Labute approximate surface area is 122 Å². The van der Waals surface area contributed by atoms with E-state index in [0.29, 0.717) is 6.61 Å². The van der Waals surface area contributed by atoms with E-state index in [-0.39, 0.29) is 6.04 Å². The molecule has 0 bridgehead atoms. The van der Waals surface area contributed by atoms with Gasteiger partial charge in [-0.05, 0) is 45.9 Å². The molecular formula is C14H20BrNO3. The second-order valence-corrected chi connectivity index (χ2v) is 6.23. The molecule has 0 fully saturated rings. The molecule has 0 aliphatic heterocycles. The molecular weight excluding hydrogens is 310 g/mol. The van der Waals surface area contributed by atoms with Crippen LogP contribution in [0.5, 0.6) is 5.75 Å². The SMILES string of the molecule is CC(COc1cccc(Br)c1)NC(=O)OC(C)(C)C. The minimum absolute atomic E-state index is 0.131. The molecule has 1 atom stereocenters. The molecule has 0 aromatic heterocycles. The summed E-state index contributed by atoms with van der Waals surface area (Å²) in [6.07, 6.45) is -0.433. The highest BCUT2D eigenvalue weighted by Crippen LogP contribution is 2.17. The number of carbonyl (C=O) groups excluding carboxylic acids is 1. The van der Waals surface area contributed by atoms with Gasteiger partial charge in [-0.1, -0.05) is 22.0 Å². The molecule has 0 heterocycles. The fourth-order valence-electron chi connectivity index (χ4n) is 1.33. The van der Waals surface area contributed by atoms with Crippen LogP contribution in [0, 0.1) is 0 Å². The van der Waals surface area contributed by atoms with Crippen LogP contribution >= 0.6 is 15.9 Å². The molecule has 1 unspecified atom stereocenters. The van der Waals surface area contributed by atoms with Gasteiger partial charge in [0.05, 0.1) is 6.04 Å². The summed E-state index contributed by atoms with van der Waals surface area (Å²) < 4.78 is 11.7. The molecule has 0 saturated heterocycles. The van der Waals surface area contributed by atoms with Crippen LogP contribution in [-0.2, 0) is 4.74 Å². The van der Waals surface area contributed by atoms with E-state index < -0.39 is 11.7 Å². The monoisotopic (exact) mass is 329 g/mol. The Balaban J connectivity index is 2.36. The normalized spacial score (nSPS) is 12.7. The van der Waals surface area contributed by atoms with Gasteiger partial charge in [-0.25, -0.2) is 4.79 Å². The predicted molar refractivity (Wildman–Crippen MR) is 78.5 cm³/mol. The first-order chi connectivity index (χ1) is 8.76. The highest BCUT2D eigenvalue weighted by Gasteiger charge is 2.17. The van der Waals surface area contributed by atoms with Crippen molar-refractivity contribution in [3.63, 3.8) is 0 Å². The number of hydrogen-bond acceptors (Lipinski definition) is 3. The molecule has 4 nitrogen and oxygen atoms in total. The lowest BCUT2D eigenvalue weighted by Gasteiger charge is -2.22. The first-order valence-corrected chi connectivity index (χ1v) is 6.93. The summed E-state index contributed by atoms with van der Waals surface area (Å²) in [5, 5.41) is 2.72. The maximum atomic E-state index is 11.5. The van der Waals surface area contributed by atoms with Crippen LogP contribution in [0.25, 0.3) is 0 Å². The van der Waals surface area contributed by atoms with E-state index in [1.54, 1.807) is 0 Å². The molecule has 106 valence electrons. The number of nitrogens with one attached hydrogen (secondary N) is 1. The van der Waals surface area contributed by atoms with Crippen LogP contribution in [0.2, 0.25) is 0 Å². The molecule has 0 aliphatic carbocycles. The number of alkyl carbamates (subject to hydrolysis) is 1. The molecule has 1 aromatic rings. The third-order valence-electron chi connectivity index (χ3n) is 2.06. The summed E-state index contributed by atoms with van der Waals surface area (Å²) in [6, 6.07) is 7.43. The summed E-state index contributed by atoms with van der Waals surface area (Å²) in [4.78, 5) is 11.5. The molecule has 5 heteroatoms. The van der Waals surface area contributed by atoms with Crippen molar-refractivity contribution in [2.24, 2.45) is 0 Å². The van der Waals surface area contributed by atoms with E-state index in [9.17, 15) is 4.79 Å². The molecule has 0 saturated carbocycles. The Morgan fingerprint density at radius 3 is 2.68 bits per heavy atom. The van der Waals surface area contributed by atoms with Crippen molar-refractivity contribution < 1.29 is 14.3 Å². The number of halogens is 1. The molecule has 1 N–H and O–H groups in total. The lowest BCUT2D eigenvalue weighted by atomic mass is 10.2. The topological polar surface area (TPSA) is 47.6 Å². The van der Waals surface area contributed by atoms with Gasteiger partial charge < -0.3 is 14.8 Å². The van der Waals surface area contributed by atoms with Crippen molar-refractivity contribution in [1.82, 2.24) is 5.32 Å². The van der Waals surface area contributed by atoms with Crippen molar-refractivity contribution in [3.8, 4) is 5.75 Å². The maximum Gasteiger partial charge on any atom is 0.407 e. The number of rotatable bonds is 4. The zero-order valence-electron chi connectivity index (χ0n) is 11.7. The van der Waals surface area contributed by atoms with E-state index in [0.717, 1.165) is 10.2 Å². The highest BCUT2D eigenvalue weighted by molar-refractivity contribution is 9.10. The molecule has 1 aromatic carbocycles. The summed E-state index contributed by atoms with van der Waals surface area (Å²) >= 11 is 3.37. The fraction of sp³-hybridized carbons (Fsp3) is 0.500. The molecule has 1 amide bonds. The predicted octanol–water partition coefficient (Wildman–Crippen LogP) is 3.74. The fourth-order valence-corrected chi connectivity index (χ4v) is 1.71. The van der Waals surface area contributed by atoms with E-state index in [1.165, 1.54) is 0 Å². The first kappa shape index (κ1) is 15.8. The minimum atomic E-state index is -0.491.